The average molecular weight is 706 g/mol. The van der Waals surface area contributed by atoms with Crippen LogP contribution in [0.3, 0.4) is 0 Å². The highest BCUT2D eigenvalue weighted by Gasteiger charge is 2.23. The number of aryl methyl sites for hydroxylation is 2. The van der Waals surface area contributed by atoms with Crippen LogP contribution in [0.4, 0.5) is 17.1 Å². The average Bonchev–Trinajstić information content (AvgIpc) is 3.20. The lowest BCUT2D eigenvalue weighted by Crippen LogP contribution is -2.11. The molecule has 0 N–H and O–H groups in total. The van der Waals surface area contributed by atoms with Gasteiger partial charge in [0.1, 0.15) is 0 Å². The van der Waals surface area contributed by atoms with Gasteiger partial charge in [0.15, 0.2) is 0 Å². The van der Waals surface area contributed by atoms with E-state index in [1.165, 1.54) is 98.5 Å². The molecule has 0 spiro atoms. The van der Waals surface area contributed by atoms with Crippen LogP contribution in [0.1, 0.15) is 37.5 Å². The summed E-state index contributed by atoms with van der Waals surface area (Å²) in [5.74, 6) is 0. The normalized spacial score (nSPS) is 12.1. The third-order valence-electron chi connectivity index (χ3n) is 11.6. The van der Waals surface area contributed by atoms with Crippen LogP contribution in [-0.2, 0) is 5.41 Å². The summed E-state index contributed by atoms with van der Waals surface area (Å²) < 4.78 is 0. The van der Waals surface area contributed by atoms with Crippen molar-refractivity contribution in [1.29, 1.82) is 0 Å². The van der Waals surface area contributed by atoms with E-state index in [1.54, 1.807) is 0 Å². The van der Waals surface area contributed by atoms with Crippen LogP contribution in [0.2, 0.25) is 0 Å². The first-order chi connectivity index (χ1) is 26.7. The highest BCUT2D eigenvalue weighted by molar-refractivity contribution is 6.27. The van der Waals surface area contributed by atoms with Gasteiger partial charge in [-0.1, -0.05) is 160 Å². The van der Waals surface area contributed by atoms with E-state index in [1.807, 2.05) is 0 Å². The molecule has 0 aliphatic carbocycles. The molecule has 1 heteroatoms. The Kier molecular flexibility index (Phi) is 7.58. The zero-order chi connectivity index (χ0) is 37.4. The zero-order valence-corrected chi connectivity index (χ0v) is 32.1. The molecule has 1 nitrogen and oxygen atoms in total. The van der Waals surface area contributed by atoms with Crippen molar-refractivity contribution in [1.82, 2.24) is 0 Å². The van der Waals surface area contributed by atoms with Crippen molar-refractivity contribution >= 4 is 70.9 Å². The van der Waals surface area contributed by atoms with E-state index in [4.69, 9.17) is 0 Å². The second-order valence-corrected chi connectivity index (χ2v) is 16.3. The molecule has 0 bridgehead atoms. The molecular formula is C54H43N. The number of anilines is 3. The number of hydrogen-bond acceptors (Lipinski definition) is 1. The number of benzene rings is 10. The van der Waals surface area contributed by atoms with Gasteiger partial charge in [0, 0.05) is 22.1 Å². The second-order valence-electron chi connectivity index (χ2n) is 16.3. The molecule has 0 atom stereocenters. The van der Waals surface area contributed by atoms with Gasteiger partial charge >= 0.3 is 0 Å². The Labute approximate surface area is 323 Å². The van der Waals surface area contributed by atoms with Gasteiger partial charge in [0.25, 0.3) is 0 Å². The second kappa shape index (κ2) is 12.6. The minimum absolute atomic E-state index is 0.0808. The zero-order valence-electron chi connectivity index (χ0n) is 32.1. The molecule has 0 saturated heterocycles. The first-order valence-corrected chi connectivity index (χ1v) is 19.4. The maximum absolute atomic E-state index is 2.44. The van der Waals surface area contributed by atoms with Crippen molar-refractivity contribution in [2.45, 2.75) is 40.0 Å². The summed E-state index contributed by atoms with van der Waals surface area (Å²) in [6, 6.07) is 63.3. The van der Waals surface area contributed by atoms with E-state index in [9.17, 15) is 0 Å². The van der Waals surface area contributed by atoms with Crippen molar-refractivity contribution in [2.24, 2.45) is 0 Å². The fourth-order valence-corrected chi connectivity index (χ4v) is 9.07. The molecule has 0 aliphatic rings. The van der Waals surface area contributed by atoms with Crippen molar-refractivity contribution in [3.8, 4) is 22.3 Å². The van der Waals surface area contributed by atoms with E-state index in [0.717, 1.165) is 11.4 Å². The van der Waals surface area contributed by atoms with Crippen molar-refractivity contribution in [3.05, 3.63) is 187 Å². The summed E-state index contributed by atoms with van der Waals surface area (Å²) in [5.41, 5.74) is 12.5. The first kappa shape index (κ1) is 33.2. The van der Waals surface area contributed by atoms with Gasteiger partial charge in [0.2, 0.25) is 0 Å². The molecule has 0 aliphatic heterocycles. The van der Waals surface area contributed by atoms with Gasteiger partial charge in [0.05, 0.1) is 5.69 Å². The first-order valence-electron chi connectivity index (χ1n) is 19.4. The maximum atomic E-state index is 2.44. The smallest absolute Gasteiger partial charge is 0.0618 e. The van der Waals surface area contributed by atoms with E-state index in [0.29, 0.717) is 0 Å². The Morgan fingerprint density at radius 1 is 0.418 bits per heavy atom. The fraction of sp³-hybridized carbons (Fsp3) is 0.111. The SMILES string of the molecule is Cc1cc(-c2c3ccccc3c(N(c3ccccc3)c3ccccc3)c3ccccc23)cc(-c2cc(C)c3ccc4cc(C(C)(C)C)cc5ccc2c3c45)c1. The summed E-state index contributed by atoms with van der Waals surface area (Å²) in [5, 5.41) is 13.0. The molecule has 0 aromatic heterocycles. The highest BCUT2D eigenvalue weighted by atomic mass is 15.1. The van der Waals surface area contributed by atoms with E-state index in [-0.39, 0.29) is 5.41 Å². The van der Waals surface area contributed by atoms with Gasteiger partial charge in [-0.2, -0.15) is 0 Å². The van der Waals surface area contributed by atoms with E-state index >= 15 is 0 Å². The van der Waals surface area contributed by atoms with Crippen LogP contribution >= 0.6 is 0 Å². The quantitative estimate of drug-likeness (QED) is 0.127. The van der Waals surface area contributed by atoms with Crippen LogP contribution in [0.25, 0.3) is 76.1 Å². The molecule has 10 aromatic carbocycles. The molecule has 10 aromatic rings. The number of hydrogen-bond donors (Lipinski definition) is 0. The van der Waals surface area contributed by atoms with E-state index in [2.05, 4.69) is 209 Å². The Morgan fingerprint density at radius 2 is 0.927 bits per heavy atom. The third-order valence-corrected chi connectivity index (χ3v) is 11.6. The predicted molar refractivity (Wildman–Crippen MR) is 239 cm³/mol. The van der Waals surface area contributed by atoms with Crippen LogP contribution in [0, 0.1) is 13.8 Å². The van der Waals surface area contributed by atoms with E-state index < -0.39 is 0 Å². The molecular weight excluding hydrogens is 663 g/mol. The van der Waals surface area contributed by atoms with Crippen molar-refractivity contribution < 1.29 is 0 Å². The van der Waals surface area contributed by atoms with Crippen LogP contribution in [-0.4, -0.2) is 0 Å². The molecule has 264 valence electrons. The van der Waals surface area contributed by atoms with Crippen LogP contribution in [0.15, 0.2) is 170 Å². The summed E-state index contributed by atoms with van der Waals surface area (Å²) in [7, 11) is 0. The fourth-order valence-electron chi connectivity index (χ4n) is 9.07. The van der Waals surface area contributed by atoms with Crippen molar-refractivity contribution in [3.63, 3.8) is 0 Å². The molecule has 0 heterocycles. The number of rotatable bonds is 5. The number of fused-ring (bicyclic) bond motifs is 2. The third kappa shape index (κ3) is 5.37. The lowest BCUT2D eigenvalue weighted by atomic mass is 9.82. The molecule has 0 unspecified atom stereocenters. The Morgan fingerprint density at radius 3 is 1.49 bits per heavy atom. The van der Waals surface area contributed by atoms with Crippen LogP contribution in [0.5, 0.6) is 0 Å². The predicted octanol–water partition coefficient (Wildman–Crippen LogP) is 15.6. The summed E-state index contributed by atoms with van der Waals surface area (Å²) in [4.78, 5) is 2.42. The van der Waals surface area contributed by atoms with Crippen LogP contribution < -0.4 is 4.90 Å². The maximum Gasteiger partial charge on any atom is 0.0618 e. The topological polar surface area (TPSA) is 3.24 Å². The lowest BCUT2D eigenvalue weighted by molar-refractivity contribution is 0.591. The lowest BCUT2D eigenvalue weighted by Gasteiger charge is -2.29. The van der Waals surface area contributed by atoms with Gasteiger partial charge in [-0.25, -0.2) is 0 Å². The summed E-state index contributed by atoms with van der Waals surface area (Å²) in [6.07, 6.45) is 0. The molecule has 10 rings (SSSR count). The van der Waals surface area contributed by atoms with Gasteiger partial charge in [-0.3, -0.25) is 0 Å². The van der Waals surface area contributed by atoms with Gasteiger partial charge in [-0.15, -0.1) is 0 Å². The minimum atomic E-state index is 0.0808. The molecule has 0 amide bonds. The Hall–Kier alpha value is -6.44. The molecule has 55 heavy (non-hydrogen) atoms. The van der Waals surface area contributed by atoms with Crippen molar-refractivity contribution in [2.75, 3.05) is 4.90 Å². The molecule has 0 saturated carbocycles. The summed E-state index contributed by atoms with van der Waals surface area (Å²) in [6.45, 7) is 11.4. The van der Waals surface area contributed by atoms with Gasteiger partial charge < -0.3 is 4.90 Å². The minimum Gasteiger partial charge on any atom is -0.309 e. The number of para-hydroxylation sites is 2. The standard InChI is InChI=1S/C54H43N/c1-34-28-38(49-30-35(2)43-26-24-36-32-40(54(3,4)5)33-37-25-27-46(49)52(43)50(36)37)31-39(29-34)51-44-20-12-14-22-47(44)53(48-23-15-13-21-45(48)51)55(41-16-8-6-9-17-41)42-18-10-7-11-19-42/h6-33H,1-5H3. The number of nitrogens with zero attached hydrogens (tertiary/aromatic N) is 1. The largest absolute Gasteiger partial charge is 0.309 e. The highest BCUT2D eigenvalue weighted by Crippen LogP contribution is 2.49. The summed E-state index contributed by atoms with van der Waals surface area (Å²) >= 11 is 0. The van der Waals surface area contributed by atoms with Gasteiger partial charge in [-0.05, 0) is 132 Å². The molecule has 0 fully saturated rings. The Balaban J connectivity index is 1.24. The Bertz CT molecular complexity index is 2960. The monoisotopic (exact) mass is 705 g/mol. The molecule has 0 radical (unpaired) electrons.